The third-order valence-electron chi connectivity index (χ3n) is 4.66. The highest BCUT2D eigenvalue weighted by atomic mass is 16.5. The van der Waals surface area contributed by atoms with E-state index in [1.54, 1.807) is 36.5 Å². The minimum Gasteiger partial charge on any atom is -0.465 e. The van der Waals surface area contributed by atoms with Crippen LogP contribution >= 0.6 is 0 Å². The van der Waals surface area contributed by atoms with E-state index in [1.807, 2.05) is 31.2 Å². The van der Waals surface area contributed by atoms with Gasteiger partial charge in [0.2, 0.25) is 0 Å². The van der Waals surface area contributed by atoms with Crippen molar-refractivity contribution in [2.45, 2.75) is 13.5 Å². The Morgan fingerprint density at radius 1 is 1.00 bits per heavy atom. The first kappa shape index (κ1) is 20.1. The Morgan fingerprint density at radius 3 is 2.45 bits per heavy atom. The molecule has 3 aromatic rings. The Kier molecular flexibility index (Phi) is 5.93. The van der Waals surface area contributed by atoms with Gasteiger partial charge in [-0.05, 0) is 36.8 Å². The van der Waals surface area contributed by atoms with Crippen LogP contribution in [0.4, 0.5) is 5.69 Å². The lowest BCUT2D eigenvalue weighted by atomic mass is 10.1. The summed E-state index contributed by atoms with van der Waals surface area (Å²) in [5, 5.41) is 0. The zero-order chi connectivity index (χ0) is 21.0. The topological polar surface area (TPSA) is 68.6 Å². The number of methoxy groups -OCH3 is 1. The van der Waals surface area contributed by atoms with Crippen molar-refractivity contribution in [3.8, 4) is 0 Å². The maximum absolute atomic E-state index is 13.0. The Hall–Kier alpha value is -3.67. The van der Waals surface area contributed by atoms with Crippen LogP contribution in [0.25, 0.3) is 0 Å². The summed E-state index contributed by atoms with van der Waals surface area (Å²) in [5.74, 6) is -1.05. The highest BCUT2D eigenvalue weighted by Crippen LogP contribution is 2.21. The number of carbonyl (C=O) groups excluding carboxylic acids is 2. The van der Waals surface area contributed by atoms with Crippen LogP contribution in [0, 0.1) is 6.92 Å². The second-order valence-corrected chi connectivity index (χ2v) is 6.72. The summed E-state index contributed by atoms with van der Waals surface area (Å²) in [6.07, 6.45) is 1.66. The fraction of sp³-hybridized carbons (Fsp3) is 0.174. The van der Waals surface area contributed by atoms with Gasteiger partial charge in [-0.1, -0.05) is 42.0 Å². The molecular weight excluding hydrogens is 368 g/mol. The average molecular weight is 390 g/mol. The third kappa shape index (κ3) is 4.27. The number of aryl methyl sites for hydroxylation is 1. The van der Waals surface area contributed by atoms with Gasteiger partial charge in [-0.15, -0.1) is 0 Å². The monoisotopic (exact) mass is 390 g/mol. The van der Waals surface area contributed by atoms with E-state index in [-0.39, 0.29) is 16.7 Å². The van der Waals surface area contributed by atoms with Crippen molar-refractivity contribution in [3.63, 3.8) is 0 Å². The van der Waals surface area contributed by atoms with Crippen molar-refractivity contribution in [2.24, 2.45) is 0 Å². The summed E-state index contributed by atoms with van der Waals surface area (Å²) in [6, 6.07) is 17.6. The molecule has 0 aliphatic heterocycles. The molecule has 0 aliphatic rings. The van der Waals surface area contributed by atoms with Crippen LogP contribution in [0.3, 0.4) is 0 Å². The Balaban J connectivity index is 1.94. The summed E-state index contributed by atoms with van der Waals surface area (Å²) in [7, 11) is 2.81. The molecule has 29 heavy (non-hydrogen) atoms. The van der Waals surface area contributed by atoms with Crippen molar-refractivity contribution < 1.29 is 14.3 Å². The maximum Gasteiger partial charge on any atom is 0.339 e. The molecule has 0 saturated carbocycles. The largest absolute Gasteiger partial charge is 0.465 e. The number of hydrogen-bond donors (Lipinski definition) is 0. The molecule has 0 N–H and O–H groups in total. The van der Waals surface area contributed by atoms with E-state index in [9.17, 15) is 14.4 Å². The highest BCUT2D eigenvalue weighted by molar-refractivity contribution is 6.09. The summed E-state index contributed by atoms with van der Waals surface area (Å²) in [6.45, 7) is 2.35. The van der Waals surface area contributed by atoms with Crippen LogP contribution < -0.4 is 10.5 Å². The minimum absolute atomic E-state index is 0.0299. The number of aromatic nitrogens is 1. The number of carbonyl (C=O) groups is 2. The standard InChI is InChI=1S/C23H22N2O4/c1-16-8-6-9-17(14-16)15-25-13-7-11-19(22(25)27)21(26)24(2)20-12-5-4-10-18(20)23(28)29-3/h4-14H,15H2,1-3H3. The van der Waals surface area contributed by atoms with Crippen molar-refractivity contribution in [2.75, 3.05) is 19.1 Å². The third-order valence-corrected chi connectivity index (χ3v) is 4.66. The molecule has 0 unspecified atom stereocenters. The number of anilines is 1. The van der Waals surface area contributed by atoms with Crippen LogP contribution in [0.5, 0.6) is 0 Å². The first-order chi connectivity index (χ1) is 13.9. The van der Waals surface area contributed by atoms with Gasteiger partial charge in [0.25, 0.3) is 11.5 Å². The zero-order valence-electron chi connectivity index (χ0n) is 16.6. The number of nitrogens with zero attached hydrogens (tertiary/aromatic N) is 2. The lowest BCUT2D eigenvalue weighted by molar-refractivity contribution is 0.0601. The lowest BCUT2D eigenvalue weighted by Gasteiger charge is -2.20. The molecule has 1 aromatic heterocycles. The van der Waals surface area contributed by atoms with Crippen LogP contribution in [-0.2, 0) is 11.3 Å². The predicted octanol–water partition coefficient (Wildman–Crippen LogP) is 3.27. The van der Waals surface area contributed by atoms with E-state index in [4.69, 9.17) is 4.74 Å². The van der Waals surface area contributed by atoms with Crippen LogP contribution in [0.1, 0.15) is 31.8 Å². The van der Waals surface area contributed by atoms with Crippen molar-refractivity contribution in [1.29, 1.82) is 0 Å². The van der Waals surface area contributed by atoms with Gasteiger partial charge >= 0.3 is 5.97 Å². The van der Waals surface area contributed by atoms with Gasteiger partial charge in [0.05, 0.1) is 24.9 Å². The maximum atomic E-state index is 13.0. The van der Waals surface area contributed by atoms with Gasteiger partial charge in [0, 0.05) is 13.2 Å². The molecule has 6 nitrogen and oxygen atoms in total. The molecule has 0 radical (unpaired) electrons. The van der Waals surface area contributed by atoms with Crippen LogP contribution in [0.2, 0.25) is 0 Å². The number of para-hydroxylation sites is 1. The Labute approximate surface area is 169 Å². The molecule has 1 heterocycles. The lowest BCUT2D eigenvalue weighted by Crippen LogP contribution is -2.35. The van der Waals surface area contributed by atoms with Gasteiger partial charge in [0.1, 0.15) is 5.56 Å². The number of benzene rings is 2. The molecular formula is C23H22N2O4. The number of rotatable bonds is 5. The van der Waals surface area contributed by atoms with E-state index in [1.165, 1.54) is 29.7 Å². The van der Waals surface area contributed by atoms with Crippen LogP contribution in [-0.4, -0.2) is 30.6 Å². The molecule has 1 amide bonds. The molecule has 0 fully saturated rings. The predicted molar refractivity (Wildman–Crippen MR) is 111 cm³/mol. The van der Waals surface area contributed by atoms with E-state index < -0.39 is 11.9 Å². The van der Waals surface area contributed by atoms with Gasteiger partial charge in [-0.3, -0.25) is 9.59 Å². The number of esters is 1. The number of hydrogen-bond acceptors (Lipinski definition) is 4. The second kappa shape index (κ2) is 8.56. The minimum atomic E-state index is -0.551. The molecule has 0 saturated heterocycles. The van der Waals surface area contributed by atoms with E-state index in [0.29, 0.717) is 12.2 Å². The fourth-order valence-corrected chi connectivity index (χ4v) is 3.17. The first-order valence-electron chi connectivity index (χ1n) is 9.12. The summed E-state index contributed by atoms with van der Waals surface area (Å²) in [4.78, 5) is 39.3. The first-order valence-corrected chi connectivity index (χ1v) is 9.12. The van der Waals surface area contributed by atoms with E-state index >= 15 is 0 Å². The fourth-order valence-electron chi connectivity index (χ4n) is 3.17. The average Bonchev–Trinajstić information content (AvgIpc) is 2.73. The summed E-state index contributed by atoms with van der Waals surface area (Å²) in [5.41, 5.74) is 2.34. The molecule has 3 rings (SSSR count). The van der Waals surface area contributed by atoms with Gasteiger partial charge in [-0.25, -0.2) is 4.79 Å². The Bertz CT molecular complexity index is 1120. The second-order valence-electron chi connectivity index (χ2n) is 6.72. The van der Waals surface area contributed by atoms with Crippen molar-refractivity contribution in [1.82, 2.24) is 4.57 Å². The molecule has 6 heteroatoms. The van der Waals surface area contributed by atoms with E-state index in [2.05, 4.69) is 0 Å². The van der Waals surface area contributed by atoms with Crippen molar-refractivity contribution in [3.05, 3.63) is 99.5 Å². The quantitative estimate of drug-likeness (QED) is 0.627. The molecule has 0 aliphatic carbocycles. The molecule has 0 atom stereocenters. The smallest absolute Gasteiger partial charge is 0.339 e. The number of amides is 1. The summed E-state index contributed by atoms with van der Waals surface area (Å²) >= 11 is 0. The van der Waals surface area contributed by atoms with Crippen LogP contribution in [0.15, 0.2) is 71.7 Å². The molecule has 0 bridgehead atoms. The van der Waals surface area contributed by atoms with Crippen molar-refractivity contribution >= 4 is 17.6 Å². The summed E-state index contributed by atoms with van der Waals surface area (Å²) < 4.78 is 6.29. The molecule has 0 spiro atoms. The number of pyridine rings is 1. The Morgan fingerprint density at radius 2 is 1.72 bits per heavy atom. The zero-order valence-corrected chi connectivity index (χ0v) is 16.6. The molecule has 2 aromatic carbocycles. The number of ether oxygens (including phenoxy) is 1. The van der Waals surface area contributed by atoms with E-state index in [0.717, 1.165) is 11.1 Å². The molecule has 148 valence electrons. The SMILES string of the molecule is COC(=O)c1ccccc1N(C)C(=O)c1cccn(Cc2cccc(C)c2)c1=O. The van der Waals surface area contributed by atoms with Gasteiger partial charge in [-0.2, -0.15) is 0 Å². The highest BCUT2D eigenvalue weighted by Gasteiger charge is 2.22. The van der Waals surface area contributed by atoms with Gasteiger partial charge < -0.3 is 14.2 Å². The van der Waals surface area contributed by atoms with Gasteiger partial charge in [0.15, 0.2) is 0 Å². The normalized spacial score (nSPS) is 10.4.